The van der Waals surface area contributed by atoms with Gasteiger partial charge in [0.05, 0.1) is 5.25 Å². The lowest BCUT2D eigenvalue weighted by molar-refractivity contribution is 0.489. The van der Waals surface area contributed by atoms with Gasteiger partial charge < -0.3 is 5.32 Å². The van der Waals surface area contributed by atoms with Crippen LogP contribution in [0.3, 0.4) is 0 Å². The minimum absolute atomic E-state index is 0.229. The van der Waals surface area contributed by atoms with E-state index in [1.165, 1.54) is 12.2 Å². The topological polar surface area (TPSA) is 58.2 Å². The van der Waals surface area contributed by atoms with Gasteiger partial charge in [-0.25, -0.2) is 13.1 Å². The van der Waals surface area contributed by atoms with Crippen LogP contribution in [0.25, 0.3) is 0 Å². The maximum absolute atomic E-state index is 12.0. The molecule has 0 saturated carbocycles. The number of rotatable bonds is 4. The highest BCUT2D eigenvalue weighted by molar-refractivity contribution is 8.00. The van der Waals surface area contributed by atoms with Crippen molar-refractivity contribution >= 4 is 21.8 Å². The largest absolute Gasteiger partial charge is 0.315 e. The Morgan fingerprint density at radius 1 is 1.31 bits per heavy atom. The van der Waals surface area contributed by atoms with Crippen molar-refractivity contribution in [3.63, 3.8) is 0 Å². The van der Waals surface area contributed by atoms with E-state index in [-0.39, 0.29) is 5.25 Å². The molecule has 0 radical (unpaired) electrons. The summed E-state index contributed by atoms with van der Waals surface area (Å²) in [5, 5.41) is 3.41. The van der Waals surface area contributed by atoms with Crippen LogP contribution >= 0.6 is 11.8 Å². The van der Waals surface area contributed by atoms with Crippen LogP contribution in [0, 0.1) is 0 Å². The lowest BCUT2D eigenvalue weighted by atomic mass is 10.2. The molecular formula is C10H20N2O2S2. The lowest BCUT2D eigenvalue weighted by Crippen LogP contribution is -2.45. The molecule has 6 heteroatoms. The highest BCUT2D eigenvalue weighted by Gasteiger charge is 2.28. The van der Waals surface area contributed by atoms with E-state index in [0.717, 1.165) is 25.8 Å². The molecule has 4 nitrogen and oxygen atoms in total. The second kappa shape index (κ2) is 5.71. The normalized spacial score (nSPS) is 31.8. The standard InChI is InChI=1S/C10H20N2O2S2/c13-16(14,10-4-1-5-11-8-10)12-7-9-3-2-6-15-9/h9-12H,1-8H2. The van der Waals surface area contributed by atoms with Crippen molar-refractivity contribution in [1.82, 2.24) is 10.0 Å². The number of nitrogens with one attached hydrogen (secondary N) is 2. The maximum Gasteiger partial charge on any atom is 0.215 e. The third-order valence-electron chi connectivity index (χ3n) is 3.23. The summed E-state index contributed by atoms with van der Waals surface area (Å²) in [6.45, 7) is 2.17. The Kier molecular flexibility index (Phi) is 4.52. The minimum atomic E-state index is -3.10. The lowest BCUT2D eigenvalue weighted by Gasteiger charge is -2.23. The van der Waals surface area contributed by atoms with Crippen LogP contribution in [0.15, 0.2) is 0 Å². The van der Waals surface area contributed by atoms with Gasteiger partial charge in [-0.05, 0) is 38.0 Å². The third kappa shape index (κ3) is 3.35. The summed E-state index contributed by atoms with van der Waals surface area (Å²) >= 11 is 1.89. The Labute approximate surface area is 102 Å². The molecule has 2 aliphatic rings. The summed E-state index contributed by atoms with van der Waals surface area (Å²) in [4.78, 5) is 0. The van der Waals surface area contributed by atoms with E-state index < -0.39 is 10.0 Å². The number of thioether (sulfide) groups is 1. The predicted octanol–water partition coefficient (Wildman–Crippen LogP) is 0.553. The average Bonchev–Trinajstić information content (AvgIpc) is 2.81. The average molecular weight is 264 g/mol. The molecule has 2 N–H and O–H groups in total. The first-order chi connectivity index (χ1) is 7.68. The predicted molar refractivity (Wildman–Crippen MR) is 68.3 cm³/mol. The van der Waals surface area contributed by atoms with Crippen LogP contribution < -0.4 is 10.0 Å². The van der Waals surface area contributed by atoms with Gasteiger partial charge in [-0.2, -0.15) is 11.8 Å². The summed E-state index contributed by atoms with van der Waals surface area (Å²) < 4.78 is 26.7. The molecule has 0 spiro atoms. The summed E-state index contributed by atoms with van der Waals surface area (Å²) in [6.07, 6.45) is 4.13. The van der Waals surface area contributed by atoms with Crippen molar-refractivity contribution < 1.29 is 8.42 Å². The van der Waals surface area contributed by atoms with Crippen LogP contribution in [-0.2, 0) is 10.0 Å². The van der Waals surface area contributed by atoms with Crippen molar-refractivity contribution in [3.05, 3.63) is 0 Å². The summed E-state index contributed by atoms with van der Waals surface area (Å²) in [5.74, 6) is 1.18. The zero-order valence-corrected chi connectivity index (χ0v) is 11.1. The first-order valence-electron chi connectivity index (χ1n) is 5.99. The molecule has 0 aromatic heterocycles. The Bertz CT molecular complexity index is 307. The highest BCUT2D eigenvalue weighted by atomic mass is 32.2. The molecule has 16 heavy (non-hydrogen) atoms. The molecule has 0 aliphatic carbocycles. The van der Waals surface area contributed by atoms with Gasteiger partial charge in [0.15, 0.2) is 0 Å². The van der Waals surface area contributed by atoms with Crippen LogP contribution in [-0.4, -0.2) is 44.3 Å². The molecule has 2 aliphatic heterocycles. The van der Waals surface area contributed by atoms with Gasteiger partial charge in [0, 0.05) is 18.3 Å². The molecule has 2 unspecified atom stereocenters. The van der Waals surface area contributed by atoms with E-state index in [1.807, 2.05) is 11.8 Å². The van der Waals surface area contributed by atoms with Crippen molar-refractivity contribution in [1.29, 1.82) is 0 Å². The molecule has 0 bridgehead atoms. The van der Waals surface area contributed by atoms with Gasteiger partial charge in [-0.15, -0.1) is 0 Å². The van der Waals surface area contributed by atoms with Crippen LogP contribution in [0.5, 0.6) is 0 Å². The quantitative estimate of drug-likeness (QED) is 0.779. The molecule has 0 aromatic carbocycles. The fraction of sp³-hybridized carbons (Fsp3) is 1.00. The van der Waals surface area contributed by atoms with Gasteiger partial charge in [0.1, 0.15) is 0 Å². The van der Waals surface area contributed by atoms with E-state index in [1.54, 1.807) is 0 Å². The van der Waals surface area contributed by atoms with Crippen LogP contribution in [0.4, 0.5) is 0 Å². The minimum Gasteiger partial charge on any atom is -0.315 e. The maximum atomic E-state index is 12.0. The van der Waals surface area contributed by atoms with E-state index in [9.17, 15) is 8.42 Å². The molecule has 2 atom stereocenters. The molecular weight excluding hydrogens is 244 g/mol. The second-order valence-electron chi connectivity index (χ2n) is 4.50. The van der Waals surface area contributed by atoms with Gasteiger partial charge >= 0.3 is 0 Å². The molecule has 2 rings (SSSR count). The van der Waals surface area contributed by atoms with Crippen molar-refractivity contribution in [3.8, 4) is 0 Å². The molecule has 0 amide bonds. The van der Waals surface area contributed by atoms with E-state index in [4.69, 9.17) is 0 Å². The third-order valence-corrected chi connectivity index (χ3v) is 6.47. The number of sulfonamides is 1. The van der Waals surface area contributed by atoms with Crippen molar-refractivity contribution in [2.75, 3.05) is 25.4 Å². The van der Waals surface area contributed by atoms with Crippen molar-refractivity contribution in [2.24, 2.45) is 0 Å². The zero-order chi connectivity index (χ0) is 11.4. The highest BCUT2D eigenvalue weighted by Crippen LogP contribution is 2.25. The second-order valence-corrected chi connectivity index (χ2v) is 7.95. The van der Waals surface area contributed by atoms with E-state index in [0.29, 0.717) is 18.3 Å². The monoisotopic (exact) mass is 264 g/mol. The molecule has 2 fully saturated rings. The van der Waals surface area contributed by atoms with Crippen LogP contribution in [0.1, 0.15) is 25.7 Å². The summed E-state index contributed by atoms with van der Waals surface area (Å²) in [5.41, 5.74) is 0. The molecule has 2 saturated heterocycles. The first kappa shape index (κ1) is 12.7. The van der Waals surface area contributed by atoms with Crippen LogP contribution in [0.2, 0.25) is 0 Å². The van der Waals surface area contributed by atoms with Gasteiger partial charge in [0.2, 0.25) is 10.0 Å². The Balaban J connectivity index is 1.81. The van der Waals surface area contributed by atoms with Gasteiger partial charge in [-0.3, -0.25) is 0 Å². The number of piperidine rings is 1. The SMILES string of the molecule is O=S(=O)(NCC1CCCS1)C1CCCNC1. The van der Waals surface area contributed by atoms with E-state index in [2.05, 4.69) is 10.0 Å². The molecule has 94 valence electrons. The molecule has 0 aromatic rings. The fourth-order valence-corrected chi connectivity index (χ4v) is 5.01. The van der Waals surface area contributed by atoms with Gasteiger partial charge in [0.25, 0.3) is 0 Å². The Morgan fingerprint density at radius 2 is 2.19 bits per heavy atom. The smallest absolute Gasteiger partial charge is 0.215 e. The van der Waals surface area contributed by atoms with Crippen molar-refractivity contribution in [2.45, 2.75) is 36.2 Å². The van der Waals surface area contributed by atoms with E-state index >= 15 is 0 Å². The Morgan fingerprint density at radius 3 is 2.81 bits per heavy atom. The number of hydrogen-bond acceptors (Lipinski definition) is 4. The summed E-state index contributed by atoms with van der Waals surface area (Å²) in [6, 6.07) is 0. The fourth-order valence-electron chi connectivity index (χ4n) is 2.22. The number of hydrogen-bond donors (Lipinski definition) is 2. The molecule has 2 heterocycles. The Hall–Kier alpha value is 0.220. The summed E-state index contributed by atoms with van der Waals surface area (Å²) in [7, 11) is -3.10. The zero-order valence-electron chi connectivity index (χ0n) is 9.44. The first-order valence-corrected chi connectivity index (χ1v) is 8.59. The van der Waals surface area contributed by atoms with Gasteiger partial charge in [-0.1, -0.05) is 0 Å².